The molecule has 5 rings (SSSR count). The average molecular weight is 604 g/mol. The third-order valence-electron chi connectivity index (χ3n) is 7.07. The second-order valence-corrected chi connectivity index (χ2v) is 10.1. The Morgan fingerprint density at radius 3 is 2.50 bits per heavy atom. The second kappa shape index (κ2) is 12.0. The van der Waals surface area contributed by atoms with Crippen LogP contribution in [-0.2, 0) is 11.0 Å². The number of carbonyl (C=O) groups excluding carboxylic acids is 3. The van der Waals surface area contributed by atoms with Gasteiger partial charge in [0.1, 0.15) is 5.82 Å². The Bertz CT molecular complexity index is 1790. The van der Waals surface area contributed by atoms with Crippen LogP contribution < -0.4 is 27.0 Å². The van der Waals surface area contributed by atoms with Gasteiger partial charge in [0.2, 0.25) is 0 Å². The van der Waals surface area contributed by atoms with E-state index in [2.05, 4.69) is 31.2 Å². The summed E-state index contributed by atoms with van der Waals surface area (Å²) in [6.45, 7) is 4.04. The second-order valence-electron chi connectivity index (χ2n) is 10.1. The van der Waals surface area contributed by atoms with E-state index in [9.17, 15) is 27.6 Å². The number of hydrogen-bond acceptors (Lipinski definition) is 6. The van der Waals surface area contributed by atoms with Crippen molar-refractivity contribution in [3.05, 3.63) is 100.0 Å². The van der Waals surface area contributed by atoms with Crippen molar-refractivity contribution in [1.82, 2.24) is 15.3 Å². The van der Waals surface area contributed by atoms with Crippen molar-refractivity contribution in [2.45, 2.75) is 20.0 Å². The number of nitrogens with one attached hydrogen (secondary N) is 5. The van der Waals surface area contributed by atoms with Crippen LogP contribution in [0.15, 0.2) is 60.8 Å². The highest BCUT2D eigenvalue weighted by atomic mass is 19.4. The van der Waals surface area contributed by atoms with Crippen molar-refractivity contribution in [2.75, 3.05) is 34.8 Å². The molecule has 0 aliphatic carbocycles. The van der Waals surface area contributed by atoms with Crippen LogP contribution >= 0.6 is 0 Å². The molecule has 3 amide bonds. The SMILES string of the molecule is Cc1[nH]c(/C=C2\C(=O)Nc3cc(C(F)(F)F)ccc32)c(C)c1C(=O)NCCNc1ccc(C(=O)Nc2ccccc2N)cn1. The van der Waals surface area contributed by atoms with Crippen LogP contribution in [-0.4, -0.2) is 40.8 Å². The van der Waals surface area contributed by atoms with E-state index in [-0.39, 0.29) is 29.6 Å². The van der Waals surface area contributed by atoms with E-state index < -0.39 is 17.6 Å². The highest BCUT2D eigenvalue weighted by molar-refractivity contribution is 6.35. The molecular formula is C31H28F3N7O3. The van der Waals surface area contributed by atoms with Gasteiger partial charge < -0.3 is 32.0 Å². The molecule has 10 nitrogen and oxygen atoms in total. The lowest BCUT2D eigenvalue weighted by Crippen LogP contribution is -2.29. The summed E-state index contributed by atoms with van der Waals surface area (Å²) < 4.78 is 39.3. The lowest BCUT2D eigenvalue weighted by molar-refractivity contribution is -0.137. The summed E-state index contributed by atoms with van der Waals surface area (Å²) in [6.07, 6.45) is -1.58. The molecule has 1 aliphatic rings. The maximum absolute atomic E-state index is 13.1. The van der Waals surface area contributed by atoms with Crippen molar-refractivity contribution in [3.63, 3.8) is 0 Å². The van der Waals surface area contributed by atoms with Gasteiger partial charge in [0.15, 0.2) is 0 Å². The number of fused-ring (bicyclic) bond motifs is 1. The van der Waals surface area contributed by atoms with Gasteiger partial charge in [-0.2, -0.15) is 13.2 Å². The molecule has 1 aliphatic heterocycles. The number of aryl methyl sites for hydroxylation is 1. The number of H-pyrrole nitrogens is 1. The number of para-hydroxylation sites is 2. The molecule has 0 radical (unpaired) electrons. The minimum atomic E-state index is -4.53. The van der Waals surface area contributed by atoms with E-state index in [1.165, 1.54) is 18.3 Å². The molecule has 0 fully saturated rings. The largest absolute Gasteiger partial charge is 0.416 e. The fourth-order valence-electron chi connectivity index (χ4n) is 4.81. The molecule has 0 bridgehead atoms. The monoisotopic (exact) mass is 603 g/mol. The Hall–Kier alpha value is -5.59. The molecule has 13 heteroatoms. The number of pyridine rings is 1. The minimum Gasteiger partial charge on any atom is -0.397 e. The van der Waals surface area contributed by atoms with Gasteiger partial charge in [-0.1, -0.05) is 18.2 Å². The first-order chi connectivity index (χ1) is 20.9. The summed E-state index contributed by atoms with van der Waals surface area (Å²) >= 11 is 0. The molecule has 226 valence electrons. The number of nitrogens with zero attached hydrogens (tertiary/aromatic N) is 1. The van der Waals surface area contributed by atoms with Gasteiger partial charge in [0.05, 0.1) is 33.6 Å². The smallest absolute Gasteiger partial charge is 0.397 e. The first-order valence-electron chi connectivity index (χ1n) is 13.5. The number of benzene rings is 2. The van der Waals surface area contributed by atoms with Crippen molar-refractivity contribution < 1.29 is 27.6 Å². The normalized spacial score (nSPS) is 13.4. The van der Waals surface area contributed by atoms with E-state index in [0.717, 1.165) is 12.1 Å². The molecule has 0 saturated heterocycles. The van der Waals surface area contributed by atoms with Gasteiger partial charge in [0, 0.05) is 41.9 Å². The predicted octanol–water partition coefficient (Wildman–Crippen LogP) is 5.21. The zero-order chi connectivity index (χ0) is 31.6. The third-order valence-corrected chi connectivity index (χ3v) is 7.07. The fraction of sp³-hybridized carbons (Fsp3) is 0.161. The molecule has 44 heavy (non-hydrogen) atoms. The molecule has 4 aromatic rings. The van der Waals surface area contributed by atoms with Gasteiger partial charge in [0.25, 0.3) is 17.7 Å². The van der Waals surface area contributed by atoms with Crippen molar-refractivity contribution in [1.29, 1.82) is 0 Å². The minimum absolute atomic E-state index is 0.0761. The number of amides is 3. The maximum atomic E-state index is 13.1. The lowest BCUT2D eigenvalue weighted by atomic mass is 10.0. The van der Waals surface area contributed by atoms with Crippen LogP contribution in [0.4, 0.5) is 36.1 Å². The van der Waals surface area contributed by atoms with E-state index in [4.69, 9.17) is 5.73 Å². The van der Waals surface area contributed by atoms with Gasteiger partial charge in [-0.15, -0.1) is 0 Å². The predicted molar refractivity (Wildman–Crippen MR) is 162 cm³/mol. The molecule has 2 aromatic carbocycles. The number of nitrogen functional groups attached to an aromatic ring is 1. The molecule has 7 N–H and O–H groups in total. The number of carbonyl (C=O) groups is 3. The summed E-state index contributed by atoms with van der Waals surface area (Å²) in [5, 5.41) is 11.1. The molecule has 2 aromatic heterocycles. The lowest BCUT2D eigenvalue weighted by Gasteiger charge is -2.10. The molecule has 3 heterocycles. The highest BCUT2D eigenvalue weighted by Crippen LogP contribution is 2.38. The Kier molecular flexibility index (Phi) is 8.12. The first kappa shape index (κ1) is 29.9. The number of rotatable bonds is 8. The maximum Gasteiger partial charge on any atom is 0.416 e. The average Bonchev–Trinajstić information content (AvgIpc) is 3.45. The van der Waals surface area contributed by atoms with E-state index in [1.54, 1.807) is 50.2 Å². The number of halogens is 3. The van der Waals surface area contributed by atoms with Crippen LogP contribution in [0.1, 0.15) is 48.8 Å². The summed E-state index contributed by atoms with van der Waals surface area (Å²) in [7, 11) is 0. The Morgan fingerprint density at radius 1 is 1.02 bits per heavy atom. The van der Waals surface area contributed by atoms with Crippen LogP contribution in [0, 0.1) is 13.8 Å². The standard InChI is InChI=1S/C31H28F3N7O3/c1-16-24(14-21-20-9-8-19(31(32,33)34)13-25(20)41-29(21)43)39-17(2)27(16)30(44)37-12-11-36-26-10-7-18(15-38-26)28(42)40-23-6-4-3-5-22(23)35/h3-10,13-15,39H,11-12,35H2,1-2H3,(H,36,38)(H,37,44)(H,40,42)(H,41,43)/b21-14-. The summed E-state index contributed by atoms with van der Waals surface area (Å²) in [5.41, 5.74) is 8.96. The Labute approximate surface area is 250 Å². The number of alkyl halides is 3. The summed E-state index contributed by atoms with van der Waals surface area (Å²) in [6, 6.07) is 13.3. The van der Waals surface area contributed by atoms with Gasteiger partial charge in [-0.25, -0.2) is 4.98 Å². The van der Waals surface area contributed by atoms with Crippen LogP contribution in [0.25, 0.3) is 11.6 Å². The number of aromatic amines is 1. The topological polar surface area (TPSA) is 154 Å². The van der Waals surface area contributed by atoms with Crippen LogP contribution in [0.5, 0.6) is 0 Å². The van der Waals surface area contributed by atoms with Gasteiger partial charge in [-0.3, -0.25) is 14.4 Å². The van der Waals surface area contributed by atoms with Crippen molar-refractivity contribution in [3.8, 4) is 0 Å². The zero-order valence-corrected chi connectivity index (χ0v) is 23.6. The number of nitrogens with two attached hydrogens (primary N) is 1. The quantitative estimate of drug-likeness (QED) is 0.0923. The number of anilines is 4. The molecule has 0 saturated carbocycles. The Balaban J connectivity index is 1.18. The summed E-state index contributed by atoms with van der Waals surface area (Å²) in [5.74, 6) is -0.717. The molecule has 0 spiro atoms. The van der Waals surface area contributed by atoms with Crippen molar-refractivity contribution >= 4 is 52.3 Å². The van der Waals surface area contributed by atoms with E-state index in [1.807, 2.05) is 0 Å². The van der Waals surface area contributed by atoms with Gasteiger partial charge >= 0.3 is 6.18 Å². The van der Waals surface area contributed by atoms with E-state index >= 15 is 0 Å². The van der Waals surface area contributed by atoms with E-state index in [0.29, 0.717) is 57.4 Å². The molecule has 0 unspecified atom stereocenters. The van der Waals surface area contributed by atoms with Crippen LogP contribution in [0.2, 0.25) is 0 Å². The van der Waals surface area contributed by atoms with Crippen molar-refractivity contribution in [2.24, 2.45) is 0 Å². The Morgan fingerprint density at radius 2 is 1.80 bits per heavy atom. The molecule has 0 atom stereocenters. The highest BCUT2D eigenvalue weighted by Gasteiger charge is 2.34. The fourth-order valence-corrected chi connectivity index (χ4v) is 4.81. The van der Waals surface area contributed by atoms with Crippen LogP contribution in [0.3, 0.4) is 0 Å². The first-order valence-corrected chi connectivity index (χ1v) is 13.5. The third kappa shape index (κ3) is 6.26. The van der Waals surface area contributed by atoms with Gasteiger partial charge in [-0.05, 0) is 61.9 Å². The number of aromatic nitrogens is 2. The summed E-state index contributed by atoms with van der Waals surface area (Å²) in [4.78, 5) is 45.4. The molecular weight excluding hydrogens is 575 g/mol. The number of hydrogen-bond donors (Lipinski definition) is 6. The zero-order valence-electron chi connectivity index (χ0n) is 23.6.